The van der Waals surface area contributed by atoms with Gasteiger partial charge in [0.25, 0.3) is 0 Å². The number of rotatable bonds is 6. The van der Waals surface area contributed by atoms with Crippen molar-refractivity contribution in [2.75, 3.05) is 32.7 Å². The summed E-state index contributed by atoms with van der Waals surface area (Å²) in [7, 11) is 2.12. The summed E-state index contributed by atoms with van der Waals surface area (Å²) in [5.74, 6) is 2.78. The van der Waals surface area contributed by atoms with E-state index in [4.69, 9.17) is 0 Å². The lowest BCUT2D eigenvalue weighted by molar-refractivity contribution is 0.0775. The minimum atomic E-state index is -0.116. The van der Waals surface area contributed by atoms with Crippen LogP contribution in [0.1, 0.15) is 63.0 Å². The first-order valence-electron chi connectivity index (χ1n) is 9.68. The maximum atomic E-state index is 9.63. The molecule has 2 fully saturated rings. The number of aromatic nitrogens is 3. The first-order valence-corrected chi connectivity index (χ1v) is 9.68. The molecule has 6 nitrogen and oxygen atoms in total. The summed E-state index contributed by atoms with van der Waals surface area (Å²) in [5, 5.41) is 18.6. The monoisotopic (exact) mass is 335 g/mol. The molecule has 24 heavy (non-hydrogen) atoms. The highest BCUT2D eigenvalue weighted by atomic mass is 16.3. The zero-order valence-corrected chi connectivity index (χ0v) is 15.3. The van der Waals surface area contributed by atoms with Gasteiger partial charge in [-0.3, -0.25) is 4.90 Å². The maximum Gasteiger partial charge on any atom is 0.146 e. The molecule has 2 saturated heterocycles. The smallest absolute Gasteiger partial charge is 0.146 e. The Morgan fingerprint density at radius 1 is 1.00 bits per heavy atom. The van der Waals surface area contributed by atoms with Gasteiger partial charge in [0.05, 0.1) is 12.6 Å². The van der Waals surface area contributed by atoms with Gasteiger partial charge in [-0.25, -0.2) is 0 Å². The van der Waals surface area contributed by atoms with Crippen LogP contribution in [0.25, 0.3) is 0 Å². The average molecular weight is 335 g/mol. The molecule has 0 unspecified atom stereocenters. The number of hydrogen-bond acceptors (Lipinski definition) is 5. The van der Waals surface area contributed by atoms with Crippen molar-refractivity contribution in [2.45, 2.75) is 64.0 Å². The Bertz CT molecular complexity index is 502. The van der Waals surface area contributed by atoms with Gasteiger partial charge in [-0.15, -0.1) is 10.2 Å². The number of likely N-dealkylation sites (tertiary alicyclic amines) is 2. The Morgan fingerprint density at radius 3 is 2.33 bits per heavy atom. The van der Waals surface area contributed by atoms with Gasteiger partial charge in [0.1, 0.15) is 11.6 Å². The number of aliphatic hydroxyl groups is 1. The van der Waals surface area contributed by atoms with Crippen LogP contribution >= 0.6 is 0 Å². The number of nitrogens with zero attached hydrogens (tertiary/aromatic N) is 5. The van der Waals surface area contributed by atoms with E-state index >= 15 is 0 Å². The standard InChI is InChI=1S/C18H33N5O/c1-3-4-9-22-10-5-15(6-11-22)18-20-19-17(21(18)2)14-23-12-7-16(24)8-13-23/h15-16,24H,3-14H2,1-2H3. The largest absolute Gasteiger partial charge is 0.393 e. The third kappa shape index (κ3) is 4.35. The molecule has 3 rings (SSSR count). The van der Waals surface area contributed by atoms with Crippen LogP contribution in [0, 0.1) is 0 Å². The highest BCUT2D eigenvalue weighted by molar-refractivity contribution is 5.03. The van der Waals surface area contributed by atoms with Gasteiger partial charge in [0, 0.05) is 26.1 Å². The molecule has 1 N–H and O–H groups in total. The number of piperidine rings is 2. The third-order valence-electron chi connectivity index (χ3n) is 5.70. The first kappa shape index (κ1) is 17.8. The quantitative estimate of drug-likeness (QED) is 0.858. The van der Waals surface area contributed by atoms with Gasteiger partial charge < -0.3 is 14.6 Å². The Balaban J connectivity index is 1.53. The number of hydrogen-bond donors (Lipinski definition) is 1. The van der Waals surface area contributed by atoms with E-state index < -0.39 is 0 Å². The van der Waals surface area contributed by atoms with E-state index in [0.29, 0.717) is 5.92 Å². The summed E-state index contributed by atoms with van der Waals surface area (Å²) in [5.41, 5.74) is 0. The summed E-state index contributed by atoms with van der Waals surface area (Å²) >= 11 is 0. The molecule has 0 saturated carbocycles. The molecule has 2 aliphatic heterocycles. The predicted octanol–water partition coefficient (Wildman–Crippen LogP) is 1.75. The Labute approximate surface area is 145 Å². The van der Waals surface area contributed by atoms with Crippen LogP contribution in [0.2, 0.25) is 0 Å². The zero-order chi connectivity index (χ0) is 16.9. The molecule has 0 aliphatic carbocycles. The fraction of sp³-hybridized carbons (Fsp3) is 0.889. The Morgan fingerprint density at radius 2 is 1.67 bits per heavy atom. The van der Waals surface area contributed by atoms with Crippen LogP contribution in [-0.4, -0.2) is 68.5 Å². The van der Waals surface area contributed by atoms with E-state index in [1.165, 1.54) is 45.3 Å². The summed E-state index contributed by atoms with van der Waals surface area (Å²) in [6, 6.07) is 0. The van der Waals surface area contributed by atoms with Crippen molar-refractivity contribution in [1.82, 2.24) is 24.6 Å². The Kier molecular flexibility index (Phi) is 6.25. The molecule has 3 heterocycles. The van der Waals surface area contributed by atoms with Gasteiger partial charge in [-0.05, 0) is 51.7 Å². The van der Waals surface area contributed by atoms with Gasteiger partial charge in [0.15, 0.2) is 0 Å². The van der Waals surface area contributed by atoms with Crippen molar-refractivity contribution >= 4 is 0 Å². The van der Waals surface area contributed by atoms with Crippen LogP contribution in [0.4, 0.5) is 0 Å². The molecule has 6 heteroatoms. The highest BCUT2D eigenvalue weighted by Gasteiger charge is 2.26. The van der Waals surface area contributed by atoms with Crippen molar-refractivity contribution in [3.05, 3.63) is 11.6 Å². The van der Waals surface area contributed by atoms with Crippen molar-refractivity contribution in [3.8, 4) is 0 Å². The second kappa shape index (κ2) is 8.41. The number of unbranched alkanes of at least 4 members (excludes halogenated alkanes) is 1. The molecule has 1 aromatic rings. The molecular weight excluding hydrogens is 302 g/mol. The third-order valence-corrected chi connectivity index (χ3v) is 5.70. The van der Waals surface area contributed by atoms with Crippen LogP contribution < -0.4 is 0 Å². The van der Waals surface area contributed by atoms with E-state index in [1.54, 1.807) is 0 Å². The van der Waals surface area contributed by atoms with E-state index in [0.717, 1.165) is 44.1 Å². The highest BCUT2D eigenvalue weighted by Crippen LogP contribution is 2.27. The minimum absolute atomic E-state index is 0.116. The number of aliphatic hydroxyl groups excluding tert-OH is 1. The molecule has 0 bridgehead atoms. The molecule has 0 aromatic carbocycles. The van der Waals surface area contributed by atoms with E-state index in [1.807, 2.05) is 0 Å². The summed E-state index contributed by atoms with van der Waals surface area (Å²) < 4.78 is 2.22. The van der Waals surface area contributed by atoms with Gasteiger partial charge in [0.2, 0.25) is 0 Å². The van der Waals surface area contributed by atoms with Crippen molar-refractivity contribution in [2.24, 2.45) is 7.05 Å². The van der Waals surface area contributed by atoms with Crippen LogP contribution in [0.5, 0.6) is 0 Å². The molecule has 1 aromatic heterocycles. The first-order chi connectivity index (χ1) is 11.7. The topological polar surface area (TPSA) is 57.4 Å². The molecule has 0 radical (unpaired) electrons. The molecule has 0 atom stereocenters. The van der Waals surface area contributed by atoms with Crippen LogP contribution in [0.3, 0.4) is 0 Å². The zero-order valence-electron chi connectivity index (χ0n) is 15.3. The van der Waals surface area contributed by atoms with E-state index in [-0.39, 0.29) is 6.10 Å². The molecule has 136 valence electrons. The predicted molar refractivity (Wildman–Crippen MR) is 94.8 cm³/mol. The van der Waals surface area contributed by atoms with Gasteiger partial charge in [-0.2, -0.15) is 0 Å². The fourth-order valence-electron chi connectivity index (χ4n) is 3.94. The SMILES string of the molecule is CCCCN1CCC(c2nnc(CN3CCC(O)CC3)n2C)CC1. The van der Waals surface area contributed by atoms with Crippen LogP contribution in [0.15, 0.2) is 0 Å². The van der Waals surface area contributed by atoms with Crippen molar-refractivity contribution in [3.63, 3.8) is 0 Å². The Hall–Kier alpha value is -0.980. The summed E-state index contributed by atoms with van der Waals surface area (Å²) in [6.07, 6.45) is 6.62. The van der Waals surface area contributed by atoms with Gasteiger partial charge in [-0.1, -0.05) is 13.3 Å². The summed E-state index contributed by atoms with van der Waals surface area (Å²) in [6.45, 7) is 8.66. The molecule has 2 aliphatic rings. The molecule has 0 amide bonds. The van der Waals surface area contributed by atoms with E-state index in [2.05, 4.69) is 38.5 Å². The van der Waals surface area contributed by atoms with Crippen LogP contribution in [-0.2, 0) is 13.6 Å². The second-order valence-corrected chi connectivity index (χ2v) is 7.51. The summed E-state index contributed by atoms with van der Waals surface area (Å²) in [4.78, 5) is 4.98. The lowest BCUT2D eigenvalue weighted by Gasteiger charge is -2.31. The normalized spacial score (nSPS) is 22.3. The molecular formula is C18H33N5O. The fourth-order valence-corrected chi connectivity index (χ4v) is 3.94. The maximum absolute atomic E-state index is 9.63. The second-order valence-electron chi connectivity index (χ2n) is 7.51. The molecule has 0 spiro atoms. The lowest BCUT2D eigenvalue weighted by atomic mass is 9.96. The van der Waals surface area contributed by atoms with E-state index in [9.17, 15) is 5.11 Å². The minimum Gasteiger partial charge on any atom is -0.393 e. The van der Waals surface area contributed by atoms with Crippen molar-refractivity contribution < 1.29 is 5.11 Å². The average Bonchev–Trinajstić information content (AvgIpc) is 2.96. The van der Waals surface area contributed by atoms with Crippen molar-refractivity contribution in [1.29, 1.82) is 0 Å². The van der Waals surface area contributed by atoms with Gasteiger partial charge >= 0.3 is 0 Å². The lowest BCUT2D eigenvalue weighted by Crippen LogP contribution is -2.36.